The average Bonchev–Trinajstić information content (AvgIpc) is 2.98. The lowest BCUT2D eigenvalue weighted by molar-refractivity contribution is -0.131. The van der Waals surface area contributed by atoms with Gasteiger partial charge in [0, 0.05) is 11.6 Å². The van der Waals surface area contributed by atoms with Crippen molar-refractivity contribution in [2.24, 2.45) is 0 Å². The summed E-state index contributed by atoms with van der Waals surface area (Å²) >= 11 is 7.13. The van der Waals surface area contributed by atoms with E-state index < -0.39 is 10.0 Å². The molecule has 3 rings (SSSR count). The predicted molar refractivity (Wildman–Crippen MR) is 75.9 cm³/mol. The first kappa shape index (κ1) is 13.4. The van der Waals surface area contributed by atoms with Crippen LogP contribution in [-0.4, -0.2) is 14.4 Å². The van der Waals surface area contributed by atoms with Crippen LogP contribution in [0.2, 0.25) is 5.02 Å². The number of hydrogen-bond acceptors (Lipinski definition) is 5. The summed E-state index contributed by atoms with van der Waals surface area (Å²) in [6.07, 6.45) is 0.146. The lowest BCUT2D eigenvalue weighted by Crippen LogP contribution is -2.11. The molecule has 0 spiro atoms. The van der Waals surface area contributed by atoms with E-state index in [9.17, 15) is 13.2 Å². The number of carbonyl (C=O) groups is 1. The van der Waals surface area contributed by atoms with Crippen LogP contribution >= 0.6 is 22.9 Å². The van der Waals surface area contributed by atoms with Gasteiger partial charge in [-0.1, -0.05) is 17.7 Å². The molecule has 2 aromatic rings. The third kappa shape index (κ3) is 2.39. The monoisotopic (exact) mass is 329 g/mol. The van der Waals surface area contributed by atoms with E-state index >= 15 is 0 Å². The molecule has 0 unspecified atom stereocenters. The number of nitrogens with one attached hydrogen (secondary N) is 1. The summed E-state index contributed by atoms with van der Waals surface area (Å²) in [6, 6.07) is 6.10. The van der Waals surface area contributed by atoms with Crippen molar-refractivity contribution in [3.8, 4) is 5.75 Å². The van der Waals surface area contributed by atoms with Crippen LogP contribution in [-0.2, 0) is 21.2 Å². The molecule has 0 saturated carbocycles. The average molecular weight is 330 g/mol. The predicted octanol–water partition coefficient (Wildman–Crippen LogP) is 2.66. The lowest BCUT2D eigenvalue weighted by Gasteiger charge is -2.09. The quantitative estimate of drug-likeness (QED) is 0.694. The summed E-state index contributed by atoms with van der Waals surface area (Å²) in [5.74, 6) is -0.0439. The van der Waals surface area contributed by atoms with Gasteiger partial charge in [-0.25, -0.2) is 8.42 Å². The number of rotatable bonds is 3. The molecule has 1 aliphatic heterocycles. The topological polar surface area (TPSA) is 72.5 Å². The van der Waals surface area contributed by atoms with Gasteiger partial charge in [-0.2, -0.15) is 0 Å². The normalized spacial score (nSPS) is 13.9. The Hall–Kier alpha value is -1.57. The molecule has 1 aromatic carbocycles. The molecule has 0 aliphatic carbocycles. The van der Waals surface area contributed by atoms with E-state index in [1.807, 2.05) is 0 Å². The molecule has 0 radical (unpaired) electrons. The Bertz CT molecular complexity index is 784. The largest absolute Gasteiger partial charge is 0.426 e. The molecule has 104 valence electrons. The second-order valence-corrected chi connectivity index (χ2v) is 7.39. The smallest absolute Gasteiger partial charge is 0.315 e. The zero-order valence-corrected chi connectivity index (χ0v) is 12.3. The van der Waals surface area contributed by atoms with Crippen molar-refractivity contribution in [1.29, 1.82) is 0 Å². The zero-order valence-electron chi connectivity index (χ0n) is 9.92. The molecule has 1 aliphatic rings. The fourth-order valence-electron chi connectivity index (χ4n) is 1.83. The molecule has 0 amide bonds. The standard InChI is InChI=1S/C12H8ClNO4S2/c13-8-4-7-5-11(15)18-10(7)6-9(8)14-20(16,17)12-2-1-3-19-12/h1-4,6,14H,5H2. The van der Waals surface area contributed by atoms with Crippen LogP contribution in [0.1, 0.15) is 5.56 Å². The van der Waals surface area contributed by atoms with Crippen LogP contribution in [0.3, 0.4) is 0 Å². The number of carbonyl (C=O) groups excluding carboxylic acids is 1. The highest BCUT2D eigenvalue weighted by atomic mass is 35.5. The molecule has 2 heterocycles. The second-order valence-electron chi connectivity index (χ2n) is 4.13. The maximum absolute atomic E-state index is 12.1. The Kier molecular flexibility index (Phi) is 3.19. The number of ether oxygens (including phenoxy) is 1. The Morgan fingerprint density at radius 2 is 2.15 bits per heavy atom. The van der Waals surface area contributed by atoms with Crippen LogP contribution < -0.4 is 9.46 Å². The van der Waals surface area contributed by atoms with Gasteiger partial charge in [0.15, 0.2) is 0 Å². The Balaban J connectivity index is 1.97. The van der Waals surface area contributed by atoms with Crippen molar-refractivity contribution in [1.82, 2.24) is 0 Å². The summed E-state index contributed by atoms with van der Waals surface area (Å²) < 4.78 is 31.8. The number of halogens is 1. The van der Waals surface area contributed by atoms with Gasteiger partial charge >= 0.3 is 5.97 Å². The van der Waals surface area contributed by atoms with Crippen molar-refractivity contribution in [2.75, 3.05) is 4.72 Å². The van der Waals surface area contributed by atoms with Crippen molar-refractivity contribution in [3.63, 3.8) is 0 Å². The molecule has 1 aromatic heterocycles. The van der Waals surface area contributed by atoms with Gasteiger partial charge in [-0.15, -0.1) is 11.3 Å². The first-order valence-electron chi connectivity index (χ1n) is 5.55. The Labute approximate surface area is 124 Å². The number of anilines is 1. The number of fused-ring (bicyclic) bond motifs is 1. The van der Waals surface area contributed by atoms with Crippen molar-refractivity contribution >= 4 is 44.6 Å². The van der Waals surface area contributed by atoms with Crippen molar-refractivity contribution in [2.45, 2.75) is 10.6 Å². The molecule has 1 N–H and O–H groups in total. The first-order chi connectivity index (χ1) is 9.45. The Morgan fingerprint density at radius 3 is 2.85 bits per heavy atom. The summed E-state index contributed by atoms with van der Waals surface area (Å²) in [5.41, 5.74) is 0.840. The fraction of sp³-hybridized carbons (Fsp3) is 0.0833. The van der Waals surface area contributed by atoms with E-state index in [1.54, 1.807) is 11.4 Å². The van der Waals surface area contributed by atoms with Crippen molar-refractivity contribution in [3.05, 3.63) is 40.2 Å². The number of thiophene rings is 1. The fourth-order valence-corrected chi connectivity index (χ4v) is 4.18. The maximum Gasteiger partial charge on any atom is 0.315 e. The van der Waals surface area contributed by atoms with Crippen LogP contribution in [0, 0.1) is 0 Å². The van der Waals surface area contributed by atoms with Crippen LogP contribution in [0.25, 0.3) is 0 Å². The van der Waals surface area contributed by atoms with E-state index in [0.29, 0.717) is 11.3 Å². The highest BCUT2D eigenvalue weighted by molar-refractivity contribution is 7.94. The number of esters is 1. The van der Waals surface area contributed by atoms with E-state index in [1.165, 1.54) is 18.2 Å². The molecule has 0 bridgehead atoms. The minimum Gasteiger partial charge on any atom is -0.426 e. The number of hydrogen-bond donors (Lipinski definition) is 1. The van der Waals surface area contributed by atoms with Crippen LogP contribution in [0.5, 0.6) is 5.75 Å². The minimum atomic E-state index is -3.68. The molecular weight excluding hydrogens is 322 g/mol. The third-order valence-electron chi connectivity index (χ3n) is 2.71. The van der Waals surface area contributed by atoms with Gasteiger partial charge in [0.25, 0.3) is 10.0 Å². The van der Waals surface area contributed by atoms with Crippen molar-refractivity contribution < 1.29 is 17.9 Å². The molecule has 0 atom stereocenters. The summed E-state index contributed by atoms with van der Waals surface area (Å²) in [4.78, 5) is 11.2. The molecular formula is C12H8ClNO4S2. The summed E-state index contributed by atoms with van der Waals surface area (Å²) in [6.45, 7) is 0. The van der Waals surface area contributed by atoms with Gasteiger partial charge < -0.3 is 4.74 Å². The molecule has 0 fully saturated rings. The van der Waals surface area contributed by atoms with Gasteiger partial charge in [0.2, 0.25) is 0 Å². The molecule has 8 heteroatoms. The van der Waals surface area contributed by atoms with Gasteiger partial charge in [0.1, 0.15) is 9.96 Å². The number of sulfonamides is 1. The van der Waals surface area contributed by atoms with Gasteiger partial charge in [0.05, 0.1) is 17.1 Å². The van der Waals surface area contributed by atoms with Crippen LogP contribution in [0.4, 0.5) is 5.69 Å². The summed E-state index contributed by atoms with van der Waals surface area (Å²) in [7, 11) is -3.68. The molecule has 20 heavy (non-hydrogen) atoms. The molecule has 5 nitrogen and oxygen atoms in total. The highest BCUT2D eigenvalue weighted by Gasteiger charge is 2.24. The lowest BCUT2D eigenvalue weighted by atomic mass is 10.1. The van der Waals surface area contributed by atoms with E-state index in [0.717, 1.165) is 11.3 Å². The zero-order chi connectivity index (χ0) is 14.3. The van der Waals surface area contributed by atoms with E-state index in [-0.39, 0.29) is 27.3 Å². The SMILES string of the molecule is O=C1Cc2cc(Cl)c(NS(=O)(=O)c3cccs3)cc2O1. The third-order valence-corrected chi connectivity index (χ3v) is 5.79. The highest BCUT2D eigenvalue weighted by Crippen LogP contribution is 2.36. The van der Waals surface area contributed by atoms with Gasteiger partial charge in [-0.3, -0.25) is 9.52 Å². The maximum atomic E-state index is 12.1. The van der Waals surface area contributed by atoms with E-state index in [4.69, 9.17) is 16.3 Å². The minimum absolute atomic E-state index is 0.146. The summed E-state index contributed by atoms with van der Waals surface area (Å²) in [5, 5.41) is 1.89. The van der Waals surface area contributed by atoms with Crippen LogP contribution in [0.15, 0.2) is 33.9 Å². The van der Waals surface area contributed by atoms with E-state index in [2.05, 4.69) is 4.72 Å². The second kappa shape index (κ2) is 4.76. The number of benzene rings is 1. The molecule has 0 saturated heterocycles. The van der Waals surface area contributed by atoms with Gasteiger partial charge in [-0.05, 0) is 17.5 Å². The first-order valence-corrected chi connectivity index (χ1v) is 8.29. The Morgan fingerprint density at radius 1 is 1.35 bits per heavy atom.